The minimum absolute atomic E-state index is 0.0147. The third-order valence-electron chi connectivity index (χ3n) is 20.0. The lowest BCUT2D eigenvalue weighted by molar-refractivity contribution is -0.282. The molecule has 24 nitrogen and oxygen atoms in total. The van der Waals surface area contributed by atoms with Gasteiger partial charge in [0.05, 0.1) is 63.4 Å². The highest BCUT2D eigenvalue weighted by Gasteiger charge is 2.58. The number of hydrogen-bond donors (Lipinski definition) is 2. The van der Waals surface area contributed by atoms with Crippen molar-refractivity contribution >= 4 is 69.8 Å². The summed E-state index contributed by atoms with van der Waals surface area (Å²) in [6.45, 7) is 27.1. The molecule has 528 valence electrons. The zero-order valence-electron chi connectivity index (χ0n) is 58.8. The van der Waals surface area contributed by atoms with E-state index in [0.717, 1.165) is 77.5 Å². The first-order chi connectivity index (χ1) is 45.6. The second kappa shape index (κ2) is 29.3. The minimum atomic E-state index is -2.22. The lowest BCUT2D eigenvalue weighted by atomic mass is 9.97. The molecule has 9 rings (SSSR count). The number of benzene rings is 4. The van der Waals surface area contributed by atoms with E-state index in [2.05, 4.69) is 73.0 Å². The van der Waals surface area contributed by atoms with Crippen LogP contribution in [0.5, 0.6) is 28.7 Å². The number of nitrogens with zero attached hydrogens (tertiary/aromatic N) is 2. The van der Waals surface area contributed by atoms with Gasteiger partial charge in [-0.3, -0.25) is 29.3 Å². The molecular formula is C71H96N4O20Si2. The average molecular weight is 1380 g/mol. The van der Waals surface area contributed by atoms with Crippen molar-refractivity contribution in [1.29, 1.82) is 0 Å². The Morgan fingerprint density at radius 1 is 0.588 bits per heavy atom. The molecule has 0 bridgehead atoms. The summed E-state index contributed by atoms with van der Waals surface area (Å²) in [6, 6.07) is 19.8. The van der Waals surface area contributed by atoms with Crippen molar-refractivity contribution in [1.82, 2.24) is 9.80 Å². The normalized spacial score (nSPS) is 21.7. The Bertz CT molecular complexity index is 3580. The molecule has 0 aromatic heterocycles. The SMILES string of the molecule is COC(=O)[C@H]1O[C@@H](Oc2ccc(COC(=O)Nc3cc(OCc4cccc(COc5cc(N)c(C(=O)N6CC7(CC7)C[C@H]6CO[Si](C)(C)C(C)(C)C)cc5OC)c4)c(OC)cc3C(=O)N3CC4(CC4)C[C@H]3CO[Si](C)(C)C(C)(C)C)cc2)[C@H](OC(C)=O)[C@@H](OC(C)=O)[C@@H]1OC(C)=O. The molecule has 5 aliphatic rings. The molecule has 2 spiro atoms. The molecule has 0 unspecified atom stereocenters. The average Bonchev–Trinajstić information content (AvgIpc) is 1.62. The van der Waals surface area contributed by atoms with E-state index in [1.165, 1.54) is 26.4 Å². The van der Waals surface area contributed by atoms with Gasteiger partial charge in [0, 0.05) is 51.7 Å². The summed E-state index contributed by atoms with van der Waals surface area (Å²) in [6.07, 6.45) is -3.02. The number of ether oxygens (including phenoxy) is 11. The summed E-state index contributed by atoms with van der Waals surface area (Å²) in [5, 5.41) is 2.79. The molecule has 7 atom stereocenters. The number of nitrogens with one attached hydrogen (secondary N) is 1. The summed E-state index contributed by atoms with van der Waals surface area (Å²) in [4.78, 5) is 97.4. The van der Waals surface area contributed by atoms with E-state index in [1.54, 1.807) is 36.4 Å². The predicted molar refractivity (Wildman–Crippen MR) is 362 cm³/mol. The van der Waals surface area contributed by atoms with Crippen LogP contribution < -0.4 is 34.7 Å². The maximum Gasteiger partial charge on any atom is 0.411 e. The molecule has 4 aromatic carbocycles. The number of nitrogen functional groups attached to an aromatic ring is 1. The molecule has 3 amide bonds. The molecule has 2 aliphatic carbocycles. The van der Waals surface area contributed by atoms with Gasteiger partial charge in [-0.15, -0.1) is 0 Å². The van der Waals surface area contributed by atoms with E-state index in [4.69, 9.17) is 66.7 Å². The number of esters is 4. The van der Waals surface area contributed by atoms with Crippen LogP contribution >= 0.6 is 0 Å². The van der Waals surface area contributed by atoms with Crippen LogP contribution in [0.3, 0.4) is 0 Å². The summed E-state index contributed by atoms with van der Waals surface area (Å²) >= 11 is 0. The smallest absolute Gasteiger partial charge is 0.411 e. The second-order valence-electron chi connectivity index (χ2n) is 29.4. The summed E-state index contributed by atoms with van der Waals surface area (Å²) in [7, 11) is -0.215. The number of nitrogens with two attached hydrogens (primary N) is 1. The fourth-order valence-electron chi connectivity index (χ4n) is 12.1. The number of hydrogen-bond acceptors (Lipinski definition) is 21. The van der Waals surface area contributed by atoms with Crippen molar-refractivity contribution in [3.63, 3.8) is 0 Å². The molecule has 3 saturated heterocycles. The lowest BCUT2D eigenvalue weighted by Gasteiger charge is -2.43. The quantitative estimate of drug-likeness (QED) is 0.0270. The van der Waals surface area contributed by atoms with E-state index >= 15 is 4.79 Å². The van der Waals surface area contributed by atoms with Crippen molar-refractivity contribution in [3.05, 3.63) is 101 Å². The van der Waals surface area contributed by atoms with E-state index in [9.17, 15) is 28.8 Å². The van der Waals surface area contributed by atoms with Crippen LogP contribution in [0.2, 0.25) is 36.3 Å². The van der Waals surface area contributed by atoms with Crippen LogP contribution in [0.4, 0.5) is 16.2 Å². The first-order valence-corrected chi connectivity index (χ1v) is 38.8. The van der Waals surface area contributed by atoms with Gasteiger partial charge < -0.3 is 76.5 Å². The van der Waals surface area contributed by atoms with Gasteiger partial charge in [0.2, 0.25) is 12.4 Å². The predicted octanol–water partition coefficient (Wildman–Crippen LogP) is 11.3. The van der Waals surface area contributed by atoms with Gasteiger partial charge in [0.1, 0.15) is 25.6 Å². The minimum Gasteiger partial charge on any atom is -0.493 e. The Morgan fingerprint density at radius 2 is 1.06 bits per heavy atom. The highest BCUT2D eigenvalue weighted by molar-refractivity contribution is 6.74. The fraction of sp³-hybridized carbons (Fsp3) is 0.563. The van der Waals surface area contributed by atoms with Gasteiger partial charge in [0.25, 0.3) is 11.8 Å². The Balaban J connectivity index is 0.910. The highest BCUT2D eigenvalue weighted by atomic mass is 28.4. The number of amides is 3. The van der Waals surface area contributed by atoms with E-state index in [-0.39, 0.29) is 98.8 Å². The molecule has 26 heteroatoms. The van der Waals surface area contributed by atoms with Gasteiger partial charge in [0.15, 0.2) is 57.9 Å². The van der Waals surface area contributed by atoms with E-state index in [1.807, 2.05) is 34.1 Å². The van der Waals surface area contributed by atoms with Crippen molar-refractivity contribution in [3.8, 4) is 28.7 Å². The molecule has 3 aliphatic heterocycles. The van der Waals surface area contributed by atoms with E-state index < -0.39 is 77.3 Å². The van der Waals surface area contributed by atoms with Gasteiger partial charge in [-0.25, -0.2) is 9.59 Å². The van der Waals surface area contributed by atoms with Crippen molar-refractivity contribution in [2.45, 2.75) is 200 Å². The number of rotatable bonds is 25. The standard InChI is InChI=1S/C71H96N4O20Si2/c1-42(76)91-59-60(92-43(2)77)62(93-44(3)78)66(95-61(59)65(81)85-12)94-50-22-20-45(21-23-50)35-88-67(82)73-54-32-58(56(84-11)30-52(54)64(80)75-41-71(26-27-71)34-49(75)39-90-97(15,16)69(7,8)9)87-37-47-19-17-18-46(28-47)36-86-57-31-53(72)51(29-55(57)83-10)63(79)74-40-70(24-25-70)33-48(74)38-89-96(13,14)68(4,5)6/h17-23,28-32,48-49,59-62,66H,24-27,33-41,72H2,1-16H3,(H,73,82)/t48-,49-,59-,60-,61-,62+,66+/m0/s1. The Hall–Kier alpha value is -7.92. The number of methoxy groups -OCH3 is 3. The van der Waals surface area contributed by atoms with Crippen LogP contribution in [0.1, 0.15) is 138 Å². The number of carbonyl (C=O) groups is 7. The molecule has 97 heavy (non-hydrogen) atoms. The Morgan fingerprint density at radius 3 is 1.54 bits per heavy atom. The zero-order chi connectivity index (χ0) is 70.7. The van der Waals surface area contributed by atoms with E-state index in [0.29, 0.717) is 48.9 Å². The number of likely N-dealkylation sites (tertiary alicyclic amines) is 2. The summed E-state index contributed by atoms with van der Waals surface area (Å²) in [5.74, 6) is -2.71. The Kier molecular flexibility index (Phi) is 22.1. The molecule has 3 heterocycles. The monoisotopic (exact) mass is 1380 g/mol. The summed E-state index contributed by atoms with van der Waals surface area (Å²) in [5.41, 5.74) is 9.69. The Labute approximate surface area is 570 Å². The molecule has 3 N–H and O–H groups in total. The molecule has 2 saturated carbocycles. The molecule has 5 fully saturated rings. The second-order valence-corrected chi connectivity index (χ2v) is 39.0. The fourth-order valence-corrected chi connectivity index (χ4v) is 14.2. The van der Waals surface area contributed by atoms with Crippen LogP contribution in [0, 0.1) is 10.8 Å². The van der Waals surface area contributed by atoms with Crippen LogP contribution in [-0.2, 0) is 76.3 Å². The van der Waals surface area contributed by atoms with Crippen molar-refractivity contribution < 1.29 is 94.5 Å². The van der Waals surface area contributed by atoms with Crippen LogP contribution in [-0.4, -0.2) is 159 Å². The molecule has 4 aromatic rings. The van der Waals surface area contributed by atoms with Gasteiger partial charge in [-0.2, -0.15) is 0 Å². The summed E-state index contributed by atoms with van der Waals surface area (Å²) < 4.78 is 77.0. The highest BCUT2D eigenvalue weighted by Crippen LogP contribution is 2.57. The maximum atomic E-state index is 15.2. The topological polar surface area (TPSA) is 284 Å². The van der Waals surface area contributed by atoms with Gasteiger partial charge >= 0.3 is 30.0 Å². The lowest BCUT2D eigenvalue weighted by Crippen LogP contribution is -2.64. The van der Waals surface area contributed by atoms with Crippen molar-refractivity contribution in [2.24, 2.45) is 10.8 Å². The zero-order valence-corrected chi connectivity index (χ0v) is 60.8. The van der Waals surface area contributed by atoms with Gasteiger partial charge in [-0.05, 0) is 133 Å². The van der Waals surface area contributed by atoms with Crippen LogP contribution in [0.15, 0.2) is 72.8 Å². The number of carbonyl (C=O) groups excluding carboxylic acids is 7. The molecular weight excluding hydrogens is 1280 g/mol. The van der Waals surface area contributed by atoms with Gasteiger partial charge in [-0.1, -0.05) is 71.9 Å². The third-order valence-corrected chi connectivity index (χ3v) is 29.1. The first-order valence-electron chi connectivity index (χ1n) is 32.9. The largest absolute Gasteiger partial charge is 0.493 e. The number of anilines is 2. The maximum absolute atomic E-state index is 15.2. The third kappa shape index (κ3) is 17.5. The first kappa shape index (κ1) is 73.3. The van der Waals surface area contributed by atoms with Crippen LogP contribution in [0.25, 0.3) is 0 Å². The van der Waals surface area contributed by atoms with Crippen molar-refractivity contribution in [2.75, 3.05) is 58.7 Å². The molecule has 0 radical (unpaired) electrons.